The summed E-state index contributed by atoms with van der Waals surface area (Å²) in [6, 6.07) is 2.79. The minimum absolute atomic E-state index is 0.0508. The number of rotatable bonds is 3. The molecule has 1 unspecified atom stereocenters. The zero-order valence-corrected chi connectivity index (χ0v) is 10.6. The third kappa shape index (κ3) is 3.07. The van der Waals surface area contributed by atoms with Gasteiger partial charge in [0.2, 0.25) is 0 Å². The zero-order valence-electron chi connectivity index (χ0n) is 8.25. The second kappa shape index (κ2) is 5.48. The SMILES string of the molecule is C=CC(O)C=C(Cl)c1c(N)cc(Br)cc1F. The largest absolute Gasteiger partial charge is 0.398 e. The lowest BCUT2D eigenvalue weighted by Gasteiger charge is -2.08. The molecule has 1 atom stereocenters. The number of nitrogen functional groups attached to an aromatic ring is 1. The summed E-state index contributed by atoms with van der Waals surface area (Å²) in [6.07, 6.45) is 1.60. The third-order valence-electron chi connectivity index (χ3n) is 1.88. The van der Waals surface area contributed by atoms with Crippen LogP contribution in [-0.4, -0.2) is 11.2 Å². The normalized spacial score (nSPS) is 13.6. The first kappa shape index (κ1) is 13.2. The van der Waals surface area contributed by atoms with Crippen molar-refractivity contribution in [2.75, 3.05) is 5.73 Å². The van der Waals surface area contributed by atoms with Gasteiger partial charge < -0.3 is 10.8 Å². The summed E-state index contributed by atoms with van der Waals surface area (Å²) in [7, 11) is 0. The Labute approximate surface area is 106 Å². The minimum Gasteiger partial charge on any atom is -0.398 e. The van der Waals surface area contributed by atoms with Gasteiger partial charge in [0, 0.05) is 10.2 Å². The summed E-state index contributed by atoms with van der Waals surface area (Å²) in [5.74, 6) is -0.551. The molecule has 0 fully saturated rings. The van der Waals surface area contributed by atoms with Crippen molar-refractivity contribution >= 4 is 38.3 Å². The topological polar surface area (TPSA) is 46.2 Å². The minimum atomic E-state index is -0.935. The Balaban J connectivity index is 3.23. The van der Waals surface area contributed by atoms with Gasteiger partial charge in [0.15, 0.2) is 0 Å². The number of halogens is 3. The Bertz CT molecular complexity index is 425. The van der Waals surface area contributed by atoms with E-state index in [-0.39, 0.29) is 16.3 Å². The van der Waals surface area contributed by atoms with Crippen LogP contribution in [0.25, 0.3) is 5.03 Å². The van der Waals surface area contributed by atoms with Crippen LogP contribution in [0.15, 0.2) is 35.3 Å². The molecule has 3 N–H and O–H groups in total. The molecule has 0 radical (unpaired) electrons. The first-order valence-electron chi connectivity index (χ1n) is 4.38. The molecule has 0 bridgehead atoms. The molecule has 1 aromatic carbocycles. The Kier molecular flexibility index (Phi) is 4.53. The molecule has 0 saturated carbocycles. The molecule has 0 saturated heterocycles. The molecule has 0 spiro atoms. The van der Waals surface area contributed by atoms with Gasteiger partial charge in [0.25, 0.3) is 0 Å². The second-order valence-corrected chi connectivity index (χ2v) is 4.42. The van der Waals surface area contributed by atoms with Crippen molar-refractivity contribution in [2.45, 2.75) is 6.10 Å². The molecular weight excluding hydrogens is 296 g/mol. The lowest BCUT2D eigenvalue weighted by molar-refractivity contribution is 0.272. The lowest BCUT2D eigenvalue weighted by Crippen LogP contribution is -2.00. The molecule has 0 aliphatic rings. The van der Waals surface area contributed by atoms with Crippen LogP contribution < -0.4 is 5.73 Å². The van der Waals surface area contributed by atoms with E-state index in [1.54, 1.807) is 0 Å². The number of aliphatic hydroxyl groups is 1. The van der Waals surface area contributed by atoms with Gasteiger partial charge in [0.05, 0.1) is 16.7 Å². The highest BCUT2D eigenvalue weighted by Gasteiger charge is 2.12. The maximum atomic E-state index is 13.6. The number of hydrogen-bond donors (Lipinski definition) is 2. The van der Waals surface area contributed by atoms with Crippen LogP contribution in [-0.2, 0) is 0 Å². The van der Waals surface area contributed by atoms with E-state index < -0.39 is 11.9 Å². The van der Waals surface area contributed by atoms with Gasteiger partial charge in [-0.1, -0.05) is 33.6 Å². The monoisotopic (exact) mass is 305 g/mol. The van der Waals surface area contributed by atoms with Crippen LogP contribution in [0.1, 0.15) is 5.56 Å². The van der Waals surface area contributed by atoms with Gasteiger partial charge >= 0.3 is 0 Å². The molecule has 2 nitrogen and oxygen atoms in total. The molecule has 0 amide bonds. The van der Waals surface area contributed by atoms with Crippen molar-refractivity contribution in [3.63, 3.8) is 0 Å². The molecule has 0 aliphatic carbocycles. The van der Waals surface area contributed by atoms with E-state index in [0.717, 1.165) is 0 Å². The second-order valence-electron chi connectivity index (χ2n) is 3.09. The Morgan fingerprint density at radius 1 is 1.62 bits per heavy atom. The first-order chi connectivity index (χ1) is 7.45. The van der Waals surface area contributed by atoms with Crippen LogP contribution in [0.4, 0.5) is 10.1 Å². The molecule has 0 aliphatic heterocycles. The van der Waals surface area contributed by atoms with E-state index in [4.69, 9.17) is 17.3 Å². The van der Waals surface area contributed by atoms with Gasteiger partial charge in [-0.05, 0) is 18.2 Å². The first-order valence-corrected chi connectivity index (χ1v) is 5.55. The predicted octanol–water partition coefficient (Wildman–Crippen LogP) is 3.30. The maximum absolute atomic E-state index is 13.6. The quantitative estimate of drug-likeness (QED) is 0.665. The molecule has 86 valence electrons. The Morgan fingerprint density at radius 2 is 2.25 bits per heavy atom. The molecule has 1 rings (SSSR count). The van der Waals surface area contributed by atoms with Gasteiger partial charge in [-0.2, -0.15) is 0 Å². The number of benzene rings is 1. The van der Waals surface area contributed by atoms with Crippen molar-refractivity contribution in [3.8, 4) is 0 Å². The average Bonchev–Trinajstić information content (AvgIpc) is 2.15. The van der Waals surface area contributed by atoms with E-state index in [2.05, 4.69) is 22.5 Å². The summed E-state index contributed by atoms with van der Waals surface area (Å²) in [5, 5.41) is 9.33. The Hall–Kier alpha value is -0.840. The zero-order chi connectivity index (χ0) is 12.3. The van der Waals surface area contributed by atoms with Crippen molar-refractivity contribution < 1.29 is 9.50 Å². The van der Waals surface area contributed by atoms with Crippen LogP contribution in [0.3, 0.4) is 0 Å². The van der Waals surface area contributed by atoms with Gasteiger partial charge in [-0.3, -0.25) is 0 Å². The van der Waals surface area contributed by atoms with E-state index in [0.29, 0.717) is 4.47 Å². The molecule has 5 heteroatoms. The summed E-state index contributed by atoms with van der Waals surface area (Å²) in [6.45, 7) is 3.38. The summed E-state index contributed by atoms with van der Waals surface area (Å²) in [4.78, 5) is 0. The average molecular weight is 307 g/mol. The summed E-state index contributed by atoms with van der Waals surface area (Å²) >= 11 is 8.97. The van der Waals surface area contributed by atoms with Crippen molar-refractivity contribution in [1.29, 1.82) is 0 Å². The smallest absolute Gasteiger partial charge is 0.135 e. The highest BCUT2D eigenvalue weighted by molar-refractivity contribution is 9.10. The fourth-order valence-corrected chi connectivity index (χ4v) is 1.92. The van der Waals surface area contributed by atoms with E-state index >= 15 is 0 Å². The molecule has 0 aromatic heterocycles. The fraction of sp³-hybridized carbons (Fsp3) is 0.0909. The van der Waals surface area contributed by atoms with Gasteiger partial charge in [-0.15, -0.1) is 6.58 Å². The molecule has 1 aromatic rings. The third-order valence-corrected chi connectivity index (χ3v) is 2.66. The lowest BCUT2D eigenvalue weighted by atomic mass is 10.1. The number of hydrogen-bond acceptors (Lipinski definition) is 2. The maximum Gasteiger partial charge on any atom is 0.135 e. The van der Waals surface area contributed by atoms with E-state index in [9.17, 15) is 9.50 Å². The van der Waals surface area contributed by atoms with Gasteiger partial charge in [0.1, 0.15) is 5.82 Å². The van der Waals surface area contributed by atoms with Crippen LogP contribution in [0.5, 0.6) is 0 Å². The molecule has 16 heavy (non-hydrogen) atoms. The summed E-state index contributed by atoms with van der Waals surface area (Å²) < 4.78 is 14.1. The molecule has 0 heterocycles. The number of nitrogens with two attached hydrogens (primary N) is 1. The number of aliphatic hydroxyl groups excluding tert-OH is 1. The van der Waals surface area contributed by atoms with Crippen molar-refractivity contribution in [2.24, 2.45) is 0 Å². The predicted molar refractivity (Wildman–Crippen MR) is 68.5 cm³/mol. The van der Waals surface area contributed by atoms with Gasteiger partial charge in [-0.25, -0.2) is 4.39 Å². The van der Waals surface area contributed by atoms with Crippen molar-refractivity contribution in [3.05, 3.63) is 46.7 Å². The standard InChI is InChI=1S/C11H10BrClFNO/c1-2-7(16)5-8(13)11-9(14)3-6(12)4-10(11)15/h2-5,7,16H,1,15H2. The van der Waals surface area contributed by atoms with Crippen LogP contribution in [0.2, 0.25) is 0 Å². The highest BCUT2D eigenvalue weighted by atomic mass is 79.9. The van der Waals surface area contributed by atoms with Crippen LogP contribution >= 0.6 is 27.5 Å². The summed E-state index contributed by atoms with van der Waals surface area (Å²) in [5.41, 5.74) is 5.91. The molecular formula is C11H10BrClFNO. The number of anilines is 1. The highest BCUT2D eigenvalue weighted by Crippen LogP contribution is 2.31. The van der Waals surface area contributed by atoms with Crippen molar-refractivity contribution in [1.82, 2.24) is 0 Å². The van der Waals surface area contributed by atoms with E-state index in [1.807, 2.05) is 0 Å². The van der Waals surface area contributed by atoms with E-state index in [1.165, 1.54) is 24.3 Å². The fourth-order valence-electron chi connectivity index (χ4n) is 1.15. The van der Waals surface area contributed by atoms with Crippen LogP contribution in [0, 0.1) is 5.82 Å². The Morgan fingerprint density at radius 3 is 2.75 bits per heavy atom.